The standard InChI is InChI=1S/C19H15FN4OS/c1-11-6-15-18(21-10-22-19(15)25-11)16-7-24(14-8-26-9-14)23-17(16)12-2-4-13(20)5-3-12/h2-7,10,14H,8-9H2,1H3. The van der Waals surface area contributed by atoms with Crippen LogP contribution in [0.25, 0.3) is 33.6 Å². The van der Waals surface area contributed by atoms with Crippen LogP contribution in [-0.2, 0) is 0 Å². The fourth-order valence-corrected chi connectivity index (χ4v) is 3.89. The first-order valence-electron chi connectivity index (χ1n) is 8.33. The number of nitrogens with zero attached hydrogens (tertiary/aromatic N) is 4. The van der Waals surface area contributed by atoms with Gasteiger partial charge in [-0.3, -0.25) is 4.68 Å². The number of furan rings is 1. The van der Waals surface area contributed by atoms with Crippen LogP contribution in [0.3, 0.4) is 0 Å². The van der Waals surface area contributed by atoms with Gasteiger partial charge in [0.2, 0.25) is 5.71 Å². The molecule has 26 heavy (non-hydrogen) atoms. The minimum absolute atomic E-state index is 0.264. The van der Waals surface area contributed by atoms with Gasteiger partial charge < -0.3 is 4.42 Å². The first-order chi connectivity index (χ1) is 12.7. The van der Waals surface area contributed by atoms with Crippen molar-refractivity contribution in [3.05, 3.63) is 54.4 Å². The van der Waals surface area contributed by atoms with Gasteiger partial charge in [-0.2, -0.15) is 16.9 Å². The number of hydrogen-bond donors (Lipinski definition) is 0. The fraction of sp³-hybridized carbons (Fsp3) is 0.211. The Bertz CT molecular complexity index is 1100. The molecule has 0 unspecified atom stereocenters. The Morgan fingerprint density at radius 1 is 1.15 bits per heavy atom. The van der Waals surface area contributed by atoms with E-state index in [9.17, 15) is 4.39 Å². The smallest absolute Gasteiger partial charge is 0.229 e. The molecule has 4 heterocycles. The highest BCUT2D eigenvalue weighted by Gasteiger charge is 2.25. The molecule has 0 N–H and O–H groups in total. The molecular formula is C19H15FN4OS. The van der Waals surface area contributed by atoms with Crippen molar-refractivity contribution in [3.63, 3.8) is 0 Å². The van der Waals surface area contributed by atoms with Crippen molar-refractivity contribution in [3.8, 4) is 22.5 Å². The van der Waals surface area contributed by atoms with Crippen LogP contribution >= 0.6 is 11.8 Å². The lowest BCUT2D eigenvalue weighted by molar-refractivity contribution is 0.528. The summed E-state index contributed by atoms with van der Waals surface area (Å²) in [4.78, 5) is 8.72. The van der Waals surface area contributed by atoms with Gasteiger partial charge in [0.15, 0.2) is 0 Å². The van der Waals surface area contributed by atoms with Gasteiger partial charge in [-0.25, -0.2) is 14.4 Å². The summed E-state index contributed by atoms with van der Waals surface area (Å²) < 4.78 is 21.0. The molecule has 1 aliphatic rings. The summed E-state index contributed by atoms with van der Waals surface area (Å²) in [6.45, 7) is 1.89. The van der Waals surface area contributed by atoms with Crippen molar-refractivity contribution >= 4 is 22.9 Å². The Morgan fingerprint density at radius 2 is 1.96 bits per heavy atom. The van der Waals surface area contributed by atoms with Gasteiger partial charge in [-0.15, -0.1) is 0 Å². The van der Waals surface area contributed by atoms with Gasteiger partial charge in [0, 0.05) is 28.8 Å². The van der Waals surface area contributed by atoms with Crippen molar-refractivity contribution in [1.82, 2.24) is 19.7 Å². The first kappa shape index (κ1) is 15.6. The highest BCUT2D eigenvalue weighted by Crippen LogP contribution is 2.37. The number of halogens is 1. The molecule has 1 aliphatic heterocycles. The topological polar surface area (TPSA) is 56.7 Å². The lowest BCUT2D eigenvalue weighted by Crippen LogP contribution is -2.23. The zero-order chi connectivity index (χ0) is 17.7. The Morgan fingerprint density at radius 3 is 2.69 bits per heavy atom. The first-order valence-corrected chi connectivity index (χ1v) is 9.49. The van der Waals surface area contributed by atoms with E-state index in [0.29, 0.717) is 11.8 Å². The second-order valence-corrected chi connectivity index (χ2v) is 7.44. The molecule has 1 fully saturated rings. The second-order valence-electron chi connectivity index (χ2n) is 6.37. The molecule has 7 heteroatoms. The van der Waals surface area contributed by atoms with Gasteiger partial charge in [-0.05, 0) is 37.3 Å². The number of rotatable bonds is 3. The molecule has 0 aliphatic carbocycles. The van der Waals surface area contributed by atoms with E-state index in [1.54, 1.807) is 12.1 Å². The summed E-state index contributed by atoms with van der Waals surface area (Å²) in [5.74, 6) is 2.62. The fourth-order valence-electron chi connectivity index (χ4n) is 3.14. The molecule has 3 aromatic heterocycles. The highest BCUT2D eigenvalue weighted by molar-refractivity contribution is 8.00. The third-order valence-electron chi connectivity index (χ3n) is 4.55. The molecule has 0 amide bonds. The minimum atomic E-state index is -0.264. The van der Waals surface area contributed by atoms with Gasteiger partial charge >= 0.3 is 0 Å². The number of thioether (sulfide) groups is 1. The third kappa shape index (κ3) is 2.50. The maximum atomic E-state index is 13.4. The van der Waals surface area contributed by atoms with E-state index in [1.165, 1.54) is 18.5 Å². The number of aromatic nitrogens is 4. The van der Waals surface area contributed by atoms with Crippen molar-refractivity contribution in [2.45, 2.75) is 13.0 Å². The molecule has 0 spiro atoms. The monoisotopic (exact) mass is 366 g/mol. The van der Waals surface area contributed by atoms with Crippen LogP contribution < -0.4 is 0 Å². The molecule has 0 saturated carbocycles. The Kier molecular flexibility index (Phi) is 3.56. The Hall–Kier alpha value is -2.67. The molecule has 0 radical (unpaired) electrons. The Balaban J connectivity index is 1.73. The third-order valence-corrected chi connectivity index (χ3v) is 5.79. The predicted molar refractivity (Wildman–Crippen MR) is 99.5 cm³/mol. The number of aryl methyl sites for hydroxylation is 1. The van der Waals surface area contributed by atoms with Crippen LogP contribution in [0, 0.1) is 12.7 Å². The van der Waals surface area contributed by atoms with Crippen LogP contribution in [-0.4, -0.2) is 31.3 Å². The number of benzene rings is 1. The average Bonchev–Trinajstić information content (AvgIpc) is 3.16. The summed E-state index contributed by atoms with van der Waals surface area (Å²) in [6.07, 6.45) is 3.54. The molecule has 1 saturated heterocycles. The Labute approximate surface area is 153 Å². The van der Waals surface area contributed by atoms with Crippen LogP contribution in [0.1, 0.15) is 11.8 Å². The molecule has 5 rings (SSSR count). The average molecular weight is 366 g/mol. The molecule has 4 aromatic rings. The second kappa shape index (κ2) is 5.95. The predicted octanol–water partition coefficient (Wildman–Crippen LogP) is 4.49. The lowest BCUT2D eigenvalue weighted by atomic mass is 10.0. The summed E-state index contributed by atoms with van der Waals surface area (Å²) >= 11 is 1.90. The molecule has 5 nitrogen and oxygen atoms in total. The summed E-state index contributed by atoms with van der Waals surface area (Å²) in [5, 5.41) is 5.67. The van der Waals surface area contributed by atoms with Crippen LogP contribution in [0.5, 0.6) is 0 Å². The van der Waals surface area contributed by atoms with Gasteiger partial charge in [0.1, 0.15) is 23.6 Å². The summed E-state index contributed by atoms with van der Waals surface area (Å²) in [5.41, 5.74) is 3.90. The van der Waals surface area contributed by atoms with E-state index in [1.807, 2.05) is 35.6 Å². The largest absolute Gasteiger partial charge is 0.443 e. The molecule has 1 aromatic carbocycles. The molecule has 0 bridgehead atoms. The van der Waals surface area contributed by atoms with E-state index in [4.69, 9.17) is 9.52 Å². The number of fused-ring (bicyclic) bond motifs is 1. The van der Waals surface area contributed by atoms with Crippen LogP contribution in [0.2, 0.25) is 0 Å². The van der Waals surface area contributed by atoms with E-state index in [-0.39, 0.29) is 5.82 Å². The van der Waals surface area contributed by atoms with Crippen LogP contribution in [0.15, 0.2) is 47.3 Å². The van der Waals surface area contributed by atoms with Crippen molar-refractivity contribution in [2.24, 2.45) is 0 Å². The van der Waals surface area contributed by atoms with E-state index in [0.717, 1.165) is 45.2 Å². The highest BCUT2D eigenvalue weighted by atomic mass is 32.2. The van der Waals surface area contributed by atoms with Crippen molar-refractivity contribution < 1.29 is 8.81 Å². The lowest BCUT2D eigenvalue weighted by Gasteiger charge is -2.24. The number of hydrogen-bond acceptors (Lipinski definition) is 5. The van der Waals surface area contributed by atoms with Crippen molar-refractivity contribution in [1.29, 1.82) is 0 Å². The SMILES string of the molecule is Cc1cc2c(-c3cn(C4CSC4)nc3-c3ccc(F)cc3)ncnc2o1. The zero-order valence-corrected chi connectivity index (χ0v) is 14.8. The zero-order valence-electron chi connectivity index (χ0n) is 14.0. The maximum Gasteiger partial charge on any atom is 0.229 e. The van der Waals surface area contributed by atoms with Gasteiger partial charge in [0.25, 0.3) is 0 Å². The van der Waals surface area contributed by atoms with Crippen LogP contribution in [0.4, 0.5) is 4.39 Å². The van der Waals surface area contributed by atoms with Gasteiger partial charge in [-0.1, -0.05) is 0 Å². The molecular weight excluding hydrogens is 351 g/mol. The van der Waals surface area contributed by atoms with Crippen molar-refractivity contribution in [2.75, 3.05) is 11.5 Å². The minimum Gasteiger partial charge on any atom is -0.443 e. The van der Waals surface area contributed by atoms with E-state index in [2.05, 4.69) is 9.97 Å². The summed E-state index contributed by atoms with van der Waals surface area (Å²) in [7, 11) is 0. The molecule has 130 valence electrons. The quantitative estimate of drug-likeness (QED) is 0.535. The van der Waals surface area contributed by atoms with E-state index >= 15 is 0 Å². The summed E-state index contributed by atoms with van der Waals surface area (Å²) in [6, 6.07) is 8.73. The van der Waals surface area contributed by atoms with E-state index < -0.39 is 0 Å². The maximum absolute atomic E-state index is 13.4. The molecule has 0 atom stereocenters. The normalized spacial score (nSPS) is 14.7. The van der Waals surface area contributed by atoms with Gasteiger partial charge in [0.05, 0.1) is 17.1 Å².